The number of benzene rings is 1. The Bertz CT molecular complexity index is 777. The summed E-state index contributed by atoms with van der Waals surface area (Å²) in [5.74, 6) is 0.0752. The standard InChI is InChI=1S/C13H9F3N4/c14-13(15,16)10-4-2-1-3-9(10)8-5-6-20-11(7-8)18-12(17)19-20/h1-7H,(H2,17,19). The van der Waals surface area contributed by atoms with E-state index in [1.54, 1.807) is 12.1 Å². The van der Waals surface area contributed by atoms with Crippen molar-refractivity contribution in [2.45, 2.75) is 6.18 Å². The average Bonchev–Trinajstić information content (AvgIpc) is 2.76. The molecule has 2 N–H and O–H groups in total. The van der Waals surface area contributed by atoms with Crippen molar-refractivity contribution in [3.8, 4) is 11.1 Å². The van der Waals surface area contributed by atoms with Gasteiger partial charge in [0.2, 0.25) is 5.95 Å². The number of nitrogens with two attached hydrogens (primary N) is 1. The third-order valence-corrected chi connectivity index (χ3v) is 2.90. The number of anilines is 1. The highest BCUT2D eigenvalue weighted by Gasteiger charge is 2.33. The van der Waals surface area contributed by atoms with Gasteiger partial charge in [-0.15, -0.1) is 5.10 Å². The molecule has 4 nitrogen and oxygen atoms in total. The lowest BCUT2D eigenvalue weighted by atomic mass is 10.0. The number of nitrogen functional groups attached to an aromatic ring is 1. The summed E-state index contributed by atoms with van der Waals surface area (Å²) in [4.78, 5) is 3.94. The fourth-order valence-corrected chi connectivity index (χ4v) is 2.05. The lowest BCUT2D eigenvalue weighted by Crippen LogP contribution is -2.06. The van der Waals surface area contributed by atoms with Crippen molar-refractivity contribution >= 4 is 11.6 Å². The number of aromatic nitrogens is 3. The maximum atomic E-state index is 13.0. The third kappa shape index (κ3) is 2.07. The zero-order valence-electron chi connectivity index (χ0n) is 10.1. The lowest BCUT2D eigenvalue weighted by molar-refractivity contribution is -0.137. The minimum absolute atomic E-state index is 0.0752. The molecular weight excluding hydrogens is 269 g/mol. The van der Waals surface area contributed by atoms with Crippen LogP contribution in [0.15, 0.2) is 42.6 Å². The average molecular weight is 278 g/mol. The molecule has 0 aliphatic carbocycles. The van der Waals surface area contributed by atoms with E-state index in [0.29, 0.717) is 11.2 Å². The van der Waals surface area contributed by atoms with E-state index in [9.17, 15) is 13.2 Å². The van der Waals surface area contributed by atoms with Crippen molar-refractivity contribution < 1.29 is 13.2 Å². The second kappa shape index (κ2) is 4.22. The molecule has 0 unspecified atom stereocenters. The van der Waals surface area contributed by atoms with Crippen LogP contribution in [0.4, 0.5) is 19.1 Å². The quantitative estimate of drug-likeness (QED) is 0.744. The normalized spacial score (nSPS) is 11.9. The number of nitrogens with zero attached hydrogens (tertiary/aromatic N) is 3. The number of pyridine rings is 1. The first kappa shape index (κ1) is 12.5. The zero-order valence-corrected chi connectivity index (χ0v) is 10.1. The molecule has 0 aliphatic rings. The van der Waals surface area contributed by atoms with Crippen LogP contribution in [-0.2, 0) is 6.18 Å². The van der Waals surface area contributed by atoms with Crippen molar-refractivity contribution in [1.29, 1.82) is 0 Å². The molecule has 2 aromatic heterocycles. The molecule has 0 bridgehead atoms. The number of alkyl halides is 3. The Labute approximate surface area is 111 Å². The second-order valence-electron chi connectivity index (χ2n) is 4.23. The van der Waals surface area contributed by atoms with Gasteiger partial charge in [0.05, 0.1) is 5.56 Å². The van der Waals surface area contributed by atoms with E-state index in [4.69, 9.17) is 5.73 Å². The molecular formula is C13H9F3N4. The molecule has 0 saturated carbocycles. The predicted molar refractivity (Wildman–Crippen MR) is 67.8 cm³/mol. The van der Waals surface area contributed by atoms with E-state index in [-0.39, 0.29) is 11.5 Å². The van der Waals surface area contributed by atoms with E-state index < -0.39 is 11.7 Å². The zero-order chi connectivity index (χ0) is 14.3. The highest BCUT2D eigenvalue weighted by molar-refractivity contribution is 5.71. The summed E-state index contributed by atoms with van der Waals surface area (Å²) >= 11 is 0. The Morgan fingerprint density at radius 2 is 1.85 bits per heavy atom. The molecule has 0 atom stereocenters. The Morgan fingerprint density at radius 3 is 2.60 bits per heavy atom. The number of hydrogen-bond donors (Lipinski definition) is 1. The van der Waals surface area contributed by atoms with Gasteiger partial charge in [0.25, 0.3) is 0 Å². The van der Waals surface area contributed by atoms with Crippen molar-refractivity contribution in [3.63, 3.8) is 0 Å². The van der Waals surface area contributed by atoms with Crippen molar-refractivity contribution in [1.82, 2.24) is 14.6 Å². The lowest BCUT2D eigenvalue weighted by Gasteiger charge is -2.12. The van der Waals surface area contributed by atoms with Gasteiger partial charge in [0.15, 0.2) is 5.65 Å². The van der Waals surface area contributed by atoms with Gasteiger partial charge in [-0.3, -0.25) is 0 Å². The van der Waals surface area contributed by atoms with Gasteiger partial charge < -0.3 is 5.73 Å². The first-order valence-corrected chi connectivity index (χ1v) is 5.73. The molecule has 2 heterocycles. The van der Waals surface area contributed by atoms with Gasteiger partial charge in [-0.2, -0.15) is 18.2 Å². The molecule has 0 radical (unpaired) electrons. The fourth-order valence-electron chi connectivity index (χ4n) is 2.05. The van der Waals surface area contributed by atoms with Crippen LogP contribution in [-0.4, -0.2) is 14.6 Å². The topological polar surface area (TPSA) is 56.2 Å². The molecule has 1 aromatic carbocycles. The largest absolute Gasteiger partial charge is 0.417 e. The van der Waals surface area contributed by atoms with Gasteiger partial charge in [-0.1, -0.05) is 18.2 Å². The van der Waals surface area contributed by atoms with E-state index in [0.717, 1.165) is 6.07 Å². The molecule has 0 spiro atoms. The van der Waals surface area contributed by atoms with Crippen LogP contribution in [0.5, 0.6) is 0 Å². The SMILES string of the molecule is Nc1nc2cc(-c3ccccc3C(F)(F)F)ccn2n1. The number of rotatable bonds is 1. The minimum atomic E-state index is -4.41. The number of fused-ring (bicyclic) bond motifs is 1. The molecule has 0 amide bonds. The van der Waals surface area contributed by atoms with Crippen LogP contribution in [0, 0.1) is 0 Å². The van der Waals surface area contributed by atoms with Crippen molar-refractivity contribution in [2.75, 3.05) is 5.73 Å². The van der Waals surface area contributed by atoms with E-state index in [1.807, 2.05) is 0 Å². The molecule has 0 aliphatic heterocycles. The van der Waals surface area contributed by atoms with Crippen LogP contribution in [0.25, 0.3) is 16.8 Å². The Balaban J connectivity index is 2.20. The number of halogens is 3. The first-order chi connectivity index (χ1) is 9.45. The highest BCUT2D eigenvalue weighted by atomic mass is 19.4. The molecule has 7 heteroatoms. The van der Waals surface area contributed by atoms with E-state index in [1.165, 1.54) is 28.9 Å². The van der Waals surface area contributed by atoms with E-state index >= 15 is 0 Å². The monoisotopic (exact) mass is 278 g/mol. The molecule has 3 rings (SSSR count). The summed E-state index contributed by atoms with van der Waals surface area (Å²) in [5, 5.41) is 3.88. The van der Waals surface area contributed by atoms with Crippen LogP contribution in [0.1, 0.15) is 5.56 Å². The van der Waals surface area contributed by atoms with Gasteiger partial charge in [0, 0.05) is 6.20 Å². The smallest absolute Gasteiger partial charge is 0.366 e. The van der Waals surface area contributed by atoms with Gasteiger partial charge >= 0.3 is 6.18 Å². The number of hydrogen-bond acceptors (Lipinski definition) is 3. The molecule has 20 heavy (non-hydrogen) atoms. The Hall–Kier alpha value is -2.57. The van der Waals surface area contributed by atoms with E-state index in [2.05, 4.69) is 10.1 Å². The van der Waals surface area contributed by atoms with Crippen molar-refractivity contribution in [3.05, 3.63) is 48.2 Å². The predicted octanol–water partition coefficient (Wildman–Crippen LogP) is 3.00. The summed E-state index contributed by atoms with van der Waals surface area (Å²) in [5.41, 5.74) is 5.69. The second-order valence-corrected chi connectivity index (χ2v) is 4.23. The van der Waals surface area contributed by atoms with Crippen molar-refractivity contribution in [2.24, 2.45) is 0 Å². The maximum Gasteiger partial charge on any atom is 0.417 e. The summed E-state index contributed by atoms with van der Waals surface area (Å²) in [6, 6.07) is 8.47. The molecule has 102 valence electrons. The molecule has 3 aromatic rings. The minimum Gasteiger partial charge on any atom is -0.366 e. The van der Waals surface area contributed by atoms with Crippen LogP contribution in [0.3, 0.4) is 0 Å². The summed E-state index contributed by atoms with van der Waals surface area (Å²) < 4.78 is 40.4. The van der Waals surface area contributed by atoms with Gasteiger partial charge in [-0.05, 0) is 29.3 Å². The highest BCUT2D eigenvalue weighted by Crippen LogP contribution is 2.36. The summed E-state index contributed by atoms with van der Waals surface area (Å²) in [6.45, 7) is 0. The summed E-state index contributed by atoms with van der Waals surface area (Å²) in [7, 11) is 0. The first-order valence-electron chi connectivity index (χ1n) is 5.73. The molecule has 0 saturated heterocycles. The Kier molecular flexibility index (Phi) is 2.63. The third-order valence-electron chi connectivity index (χ3n) is 2.90. The van der Waals surface area contributed by atoms with Crippen LogP contribution < -0.4 is 5.73 Å². The van der Waals surface area contributed by atoms with Crippen LogP contribution in [0.2, 0.25) is 0 Å². The Morgan fingerprint density at radius 1 is 1.10 bits per heavy atom. The van der Waals surface area contributed by atoms with Crippen LogP contribution >= 0.6 is 0 Å². The maximum absolute atomic E-state index is 13.0. The van der Waals surface area contributed by atoms with Gasteiger partial charge in [-0.25, -0.2) is 4.52 Å². The summed E-state index contributed by atoms with van der Waals surface area (Å²) in [6.07, 6.45) is -2.88. The van der Waals surface area contributed by atoms with Gasteiger partial charge in [0.1, 0.15) is 0 Å². The molecule has 0 fully saturated rings. The fraction of sp³-hybridized carbons (Fsp3) is 0.0769.